The standard InChI is InChI=1S/C13H23N5O/c1-9(2)11-6-12(17-13(15-3)16-11)18-4-5-19-10(7-14)8-18/h6,9-10H,4-5,7-8,14H2,1-3H3,(H,15,16,17)/t10-/m1/s1. The van der Waals surface area contributed by atoms with Gasteiger partial charge in [0.15, 0.2) is 0 Å². The van der Waals surface area contributed by atoms with E-state index < -0.39 is 0 Å². The van der Waals surface area contributed by atoms with Crippen molar-refractivity contribution in [2.75, 3.05) is 43.5 Å². The van der Waals surface area contributed by atoms with Gasteiger partial charge in [-0.15, -0.1) is 0 Å². The Hall–Kier alpha value is -1.40. The Morgan fingerprint density at radius 2 is 2.32 bits per heavy atom. The van der Waals surface area contributed by atoms with Crippen molar-refractivity contribution in [2.45, 2.75) is 25.9 Å². The van der Waals surface area contributed by atoms with Gasteiger partial charge in [0, 0.05) is 32.7 Å². The van der Waals surface area contributed by atoms with E-state index in [1.54, 1.807) is 0 Å². The summed E-state index contributed by atoms with van der Waals surface area (Å²) in [7, 11) is 1.84. The van der Waals surface area contributed by atoms with Gasteiger partial charge >= 0.3 is 0 Å². The van der Waals surface area contributed by atoms with Crippen molar-refractivity contribution >= 4 is 11.8 Å². The molecule has 0 aromatic carbocycles. The van der Waals surface area contributed by atoms with Crippen LogP contribution in [0.15, 0.2) is 6.07 Å². The average Bonchev–Trinajstić information content (AvgIpc) is 2.46. The minimum absolute atomic E-state index is 0.0873. The minimum Gasteiger partial charge on any atom is -0.373 e. The molecule has 1 aromatic rings. The van der Waals surface area contributed by atoms with Crippen molar-refractivity contribution in [1.82, 2.24) is 9.97 Å². The van der Waals surface area contributed by atoms with Gasteiger partial charge in [-0.25, -0.2) is 4.98 Å². The molecule has 1 atom stereocenters. The second-order valence-corrected chi connectivity index (χ2v) is 5.05. The SMILES string of the molecule is CNc1nc(C(C)C)cc(N2CCO[C@H](CN)C2)n1. The molecule has 1 saturated heterocycles. The highest BCUT2D eigenvalue weighted by Gasteiger charge is 2.21. The number of hydrogen-bond donors (Lipinski definition) is 2. The molecule has 2 rings (SSSR count). The fourth-order valence-corrected chi connectivity index (χ4v) is 2.09. The molecule has 1 aliphatic heterocycles. The Morgan fingerprint density at radius 1 is 1.53 bits per heavy atom. The third kappa shape index (κ3) is 3.33. The Kier molecular flexibility index (Phi) is 4.55. The van der Waals surface area contributed by atoms with E-state index in [0.717, 1.165) is 24.6 Å². The second kappa shape index (κ2) is 6.16. The summed E-state index contributed by atoms with van der Waals surface area (Å²) in [6.07, 6.45) is 0.0873. The van der Waals surface area contributed by atoms with E-state index in [-0.39, 0.29) is 6.10 Å². The molecular weight excluding hydrogens is 242 g/mol. The van der Waals surface area contributed by atoms with Crippen molar-refractivity contribution in [3.8, 4) is 0 Å². The maximum absolute atomic E-state index is 5.68. The molecular formula is C13H23N5O. The lowest BCUT2D eigenvalue weighted by atomic mass is 10.1. The van der Waals surface area contributed by atoms with Gasteiger partial charge in [0.25, 0.3) is 0 Å². The van der Waals surface area contributed by atoms with E-state index in [2.05, 4.69) is 40.1 Å². The van der Waals surface area contributed by atoms with Crippen LogP contribution in [0.4, 0.5) is 11.8 Å². The van der Waals surface area contributed by atoms with E-state index >= 15 is 0 Å². The summed E-state index contributed by atoms with van der Waals surface area (Å²) < 4.78 is 5.59. The van der Waals surface area contributed by atoms with Crippen LogP contribution >= 0.6 is 0 Å². The van der Waals surface area contributed by atoms with Crippen LogP contribution in [0.1, 0.15) is 25.5 Å². The van der Waals surface area contributed by atoms with Crippen LogP contribution in [-0.2, 0) is 4.74 Å². The van der Waals surface area contributed by atoms with Crippen LogP contribution in [0, 0.1) is 0 Å². The third-order valence-corrected chi connectivity index (χ3v) is 3.27. The summed E-state index contributed by atoms with van der Waals surface area (Å²) in [6.45, 7) is 7.12. The molecule has 2 heterocycles. The molecule has 0 saturated carbocycles. The molecule has 6 heteroatoms. The lowest BCUT2D eigenvalue weighted by Crippen LogP contribution is -2.46. The van der Waals surface area contributed by atoms with E-state index in [0.29, 0.717) is 25.0 Å². The Morgan fingerprint density at radius 3 is 2.95 bits per heavy atom. The first-order chi connectivity index (χ1) is 9.13. The van der Waals surface area contributed by atoms with E-state index in [1.165, 1.54) is 0 Å². The molecule has 0 unspecified atom stereocenters. The topological polar surface area (TPSA) is 76.3 Å². The zero-order valence-electron chi connectivity index (χ0n) is 11.9. The number of morpholine rings is 1. The van der Waals surface area contributed by atoms with Crippen LogP contribution < -0.4 is 16.0 Å². The second-order valence-electron chi connectivity index (χ2n) is 5.05. The molecule has 6 nitrogen and oxygen atoms in total. The highest BCUT2D eigenvalue weighted by atomic mass is 16.5. The fourth-order valence-electron chi connectivity index (χ4n) is 2.09. The largest absolute Gasteiger partial charge is 0.373 e. The van der Waals surface area contributed by atoms with Crippen LogP contribution in [-0.4, -0.2) is 49.4 Å². The van der Waals surface area contributed by atoms with Gasteiger partial charge in [-0.2, -0.15) is 4.98 Å². The zero-order valence-corrected chi connectivity index (χ0v) is 11.9. The first-order valence-corrected chi connectivity index (χ1v) is 6.77. The van der Waals surface area contributed by atoms with E-state index in [1.807, 2.05) is 7.05 Å². The molecule has 1 fully saturated rings. The van der Waals surface area contributed by atoms with Gasteiger partial charge in [0.2, 0.25) is 5.95 Å². The molecule has 0 spiro atoms. The Balaban J connectivity index is 2.25. The molecule has 19 heavy (non-hydrogen) atoms. The van der Waals surface area contributed by atoms with Crippen LogP contribution in [0.2, 0.25) is 0 Å². The summed E-state index contributed by atoms with van der Waals surface area (Å²) >= 11 is 0. The van der Waals surface area contributed by atoms with Gasteiger partial charge < -0.3 is 20.7 Å². The van der Waals surface area contributed by atoms with Gasteiger partial charge in [0.05, 0.1) is 18.4 Å². The molecule has 0 bridgehead atoms. The number of anilines is 2. The minimum atomic E-state index is 0.0873. The number of ether oxygens (including phenoxy) is 1. The summed E-state index contributed by atoms with van der Waals surface area (Å²) in [6, 6.07) is 2.06. The van der Waals surface area contributed by atoms with Gasteiger partial charge in [-0.1, -0.05) is 13.8 Å². The van der Waals surface area contributed by atoms with Gasteiger partial charge in [-0.3, -0.25) is 0 Å². The van der Waals surface area contributed by atoms with Crippen molar-refractivity contribution in [3.05, 3.63) is 11.8 Å². The predicted molar refractivity (Wildman–Crippen MR) is 76.7 cm³/mol. The number of rotatable bonds is 4. The highest BCUT2D eigenvalue weighted by molar-refractivity contribution is 5.45. The van der Waals surface area contributed by atoms with Gasteiger partial charge in [-0.05, 0) is 5.92 Å². The Bertz CT molecular complexity index is 423. The number of nitrogens with two attached hydrogens (primary N) is 1. The number of nitrogens with zero attached hydrogens (tertiary/aromatic N) is 3. The molecule has 3 N–H and O–H groups in total. The van der Waals surface area contributed by atoms with Crippen molar-refractivity contribution in [3.63, 3.8) is 0 Å². The molecule has 106 valence electrons. The molecule has 0 amide bonds. The number of aromatic nitrogens is 2. The monoisotopic (exact) mass is 265 g/mol. The highest BCUT2D eigenvalue weighted by Crippen LogP contribution is 2.21. The van der Waals surface area contributed by atoms with E-state index in [4.69, 9.17) is 10.5 Å². The smallest absolute Gasteiger partial charge is 0.224 e. The maximum Gasteiger partial charge on any atom is 0.224 e. The van der Waals surface area contributed by atoms with Crippen molar-refractivity contribution in [1.29, 1.82) is 0 Å². The quantitative estimate of drug-likeness (QED) is 0.839. The summed E-state index contributed by atoms with van der Waals surface area (Å²) in [5.41, 5.74) is 6.73. The third-order valence-electron chi connectivity index (χ3n) is 3.27. The van der Waals surface area contributed by atoms with Crippen molar-refractivity contribution < 1.29 is 4.74 Å². The molecule has 1 aromatic heterocycles. The predicted octanol–water partition coefficient (Wildman–Crippen LogP) is 0.806. The van der Waals surface area contributed by atoms with Crippen LogP contribution in [0.25, 0.3) is 0 Å². The maximum atomic E-state index is 5.68. The van der Waals surface area contributed by atoms with Crippen LogP contribution in [0.3, 0.4) is 0 Å². The fraction of sp³-hybridized carbons (Fsp3) is 0.692. The molecule has 1 aliphatic rings. The molecule has 0 radical (unpaired) electrons. The van der Waals surface area contributed by atoms with E-state index in [9.17, 15) is 0 Å². The average molecular weight is 265 g/mol. The summed E-state index contributed by atoms with van der Waals surface area (Å²) in [5.74, 6) is 1.99. The number of nitrogens with one attached hydrogen (secondary N) is 1. The zero-order chi connectivity index (χ0) is 13.8. The van der Waals surface area contributed by atoms with Crippen LogP contribution in [0.5, 0.6) is 0 Å². The van der Waals surface area contributed by atoms with Crippen molar-refractivity contribution in [2.24, 2.45) is 5.73 Å². The first-order valence-electron chi connectivity index (χ1n) is 6.77. The summed E-state index contributed by atoms with van der Waals surface area (Å²) in [4.78, 5) is 11.2. The summed E-state index contributed by atoms with van der Waals surface area (Å²) in [5, 5.41) is 3.02. The lowest BCUT2D eigenvalue weighted by molar-refractivity contribution is 0.0463. The first kappa shape index (κ1) is 14.0. The normalized spacial score (nSPS) is 19.8. The van der Waals surface area contributed by atoms with Gasteiger partial charge in [0.1, 0.15) is 5.82 Å². The lowest BCUT2D eigenvalue weighted by Gasteiger charge is -2.33. The number of hydrogen-bond acceptors (Lipinski definition) is 6. The molecule has 0 aliphatic carbocycles. The Labute approximate surface area is 114 Å².